The van der Waals surface area contributed by atoms with Gasteiger partial charge in [0.05, 0.1) is 0 Å². The molecule has 0 saturated carbocycles. The Bertz CT molecular complexity index is 489. The fourth-order valence-corrected chi connectivity index (χ4v) is 5.73. The van der Waals surface area contributed by atoms with Crippen LogP contribution in [0.2, 0.25) is 0 Å². The van der Waals surface area contributed by atoms with Crippen LogP contribution in [0.5, 0.6) is 0 Å². The minimum absolute atomic E-state index is 0.475. The summed E-state index contributed by atoms with van der Waals surface area (Å²) in [5.74, 6) is 0. The molecule has 0 aliphatic heterocycles. The van der Waals surface area contributed by atoms with Crippen LogP contribution in [-0.4, -0.2) is 29.9 Å². The van der Waals surface area contributed by atoms with Crippen LogP contribution in [0.1, 0.15) is 13.3 Å². The third-order valence-electron chi connectivity index (χ3n) is 2.41. The van der Waals surface area contributed by atoms with Gasteiger partial charge < -0.3 is 0 Å². The van der Waals surface area contributed by atoms with Crippen molar-refractivity contribution in [3.63, 3.8) is 0 Å². The van der Waals surface area contributed by atoms with Gasteiger partial charge in [-0.2, -0.15) is 0 Å². The summed E-state index contributed by atoms with van der Waals surface area (Å²) in [6.07, 6.45) is 1.17. The van der Waals surface area contributed by atoms with Gasteiger partial charge in [0.15, 0.2) is 0 Å². The predicted molar refractivity (Wildman–Crippen MR) is 82.0 cm³/mol. The number of allylic oxidation sites excluding steroid dienone is 1. The van der Waals surface area contributed by atoms with Gasteiger partial charge in [-0.15, -0.1) is 0 Å². The summed E-state index contributed by atoms with van der Waals surface area (Å²) in [5, 5.41) is 0. The standard InChI is InChI=1S/C16H16Se2/c1-2-14(18-16-11-7-4-8-12-16)13-17-15-9-5-3-6-10-15/h3-13H,2H2,1H3. The molecule has 0 spiro atoms. The van der Waals surface area contributed by atoms with E-state index in [9.17, 15) is 0 Å². The molecular formula is C16H16Se2. The maximum atomic E-state index is 2.47. The molecule has 0 fully saturated rings. The topological polar surface area (TPSA) is 0 Å². The summed E-state index contributed by atoms with van der Waals surface area (Å²) in [6, 6.07) is 21.6. The van der Waals surface area contributed by atoms with Gasteiger partial charge in [0.2, 0.25) is 0 Å². The van der Waals surface area contributed by atoms with E-state index in [0.717, 1.165) is 0 Å². The van der Waals surface area contributed by atoms with Gasteiger partial charge in [0.25, 0.3) is 0 Å². The summed E-state index contributed by atoms with van der Waals surface area (Å²) < 4.78 is 4.54. The normalized spacial score (nSPS) is 11.5. The molecule has 0 nitrogen and oxygen atoms in total. The first kappa shape index (κ1) is 13.6. The summed E-state index contributed by atoms with van der Waals surface area (Å²) >= 11 is 0.968. The maximum absolute atomic E-state index is 2.47. The molecule has 0 unspecified atom stereocenters. The van der Waals surface area contributed by atoms with Crippen molar-refractivity contribution in [3.05, 3.63) is 70.1 Å². The molecule has 18 heavy (non-hydrogen) atoms. The summed E-state index contributed by atoms with van der Waals surface area (Å²) in [6.45, 7) is 2.26. The van der Waals surface area contributed by atoms with E-state index in [1.165, 1.54) is 15.3 Å². The number of hydrogen-bond acceptors (Lipinski definition) is 0. The fraction of sp³-hybridized carbons (Fsp3) is 0.125. The number of rotatable bonds is 5. The minimum atomic E-state index is 0.475. The van der Waals surface area contributed by atoms with Gasteiger partial charge in [-0.3, -0.25) is 0 Å². The monoisotopic (exact) mass is 368 g/mol. The molecule has 0 aliphatic rings. The van der Waals surface area contributed by atoms with Gasteiger partial charge in [0.1, 0.15) is 0 Å². The van der Waals surface area contributed by atoms with E-state index in [0.29, 0.717) is 29.9 Å². The molecule has 0 aromatic heterocycles. The van der Waals surface area contributed by atoms with Crippen molar-refractivity contribution in [1.29, 1.82) is 0 Å². The predicted octanol–water partition coefficient (Wildman–Crippen LogP) is 2.30. The molecule has 0 heterocycles. The molecule has 2 rings (SSSR count). The first-order valence-electron chi connectivity index (χ1n) is 6.02. The zero-order chi connectivity index (χ0) is 12.6. The molecule has 0 saturated heterocycles. The van der Waals surface area contributed by atoms with E-state index >= 15 is 0 Å². The summed E-state index contributed by atoms with van der Waals surface area (Å²) in [4.78, 5) is 2.47. The number of hydrogen-bond donors (Lipinski definition) is 0. The fourth-order valence-electron chi connectivity index (χ4n) is 1.45. The quantitative estimate of drug-likeness (QED) is 0.713. The van der Waals surface area contributed by atoms with Crippen LogP contribution in [0.4, 0.5) is 0 Å². The average Bonchev–Trinajstić information content (AvgIpc) is 2.45. The second kappa shape index (κ2) is 7.61. The first-order valence-corrected chi connectivity index (χ1v) is 9.58. The van der Waals surface area contributed by atoms with Crippen molar-refractivity contribution in [2.24, 2.45) is 0 Å². The zero-order valence-corrected chi connectivity index (χ0v) is 13.8. The molecule has 0 atom stereocenters. The second-order valence-electron chi connectivity index (χ2n) is 3.78. The van der Waals surface area contributed by atoms with Gasteiger partial charge in [-0.25, -0.2) is 0 Å². The van der Waals surface area contributed by atoms with Crippen LogP contribution in [0.15, 0.2) is 70.1 Å². The Morgan fingerprint density at radius 1 is 0.889 bits per heavy atom. The molecule has 0 N–H and O–H groups in total. The summed E-state index contributed by atoms with van der Waals surface area (Å²) in [7, 11) is 0. The summed E-state index contributed by atoms with van der Waals surface area (Å²) in [5.41, 5.74) is 0. The number of benzene rings is 2. The first-order chi connectivity index (χ1) is 8.88. The molecular weight excluding hydrogens is 350 g/mol. The van der Waals surface area contributed by atoms with E-state index < -0.39 is 0 Å². The van der Waals surface area contributed by atoms with E-state index in [-0.39, 0.29) is 0 Å². The molecule has 2 aromatic carbocycles. The van der Waals surface area contributed by atoms with Gasteiger partial charge in [0, 0.05) is 0 Å². The Kier molecular flexibility index (Phi) is 5.77. The molecule has 0 bridgehead atoms. The van der Waals surface area contributed by atoms with Crippen LogP contribution in [0.3, 0.4) is 0 Å². The Labute approximate surface area is 122 Å². The van der Waals surface area contributed by atoms with Crippen LogP contribution >= 0.6 is 0 Å². The molecule has 0 amide bonds. The van der Waals surface area contributed by atoms with E-state index in [2.05, 4.69) is 72.6 Å². The molecule has 0 aliphatic carbocycles. The van der Waals surface area contributed by atoms with Crippen molar-refractivity contribution in [3.8, 4) is 0 Å². The van der Waals surface area contributed by atoms with Crippen LogP contribution in [-0.2, 0) is 0 Å². The third-order valence-corrected chi connectivity index (χ3v) is 7.62. The Balaban J connectivity index is 2.00. The van der Waals surface area contributed by atoms with Gasteiger partial charge in [-0.05, 0) is 0 Å². The average molecular weight is 366 g/mol. The zero-order valence-electron chi connectivity index (χ0n) is 10.4. The second-order valence-corrected chi connectivity index (χ2v) is 8.28. The van der Waals surface area contributed by atoms with E-state index in [1.807, 2.05) is 0 Å². The van der Waals surface area contributed by atoms with Crippen LogP contribution in [0.25, 0.3) is 0 Å². The van der Waals surface area contributed by atoms with Crippen LogP contribution < -0.4 is 8.92 Å². The van der Waals surface area contributed by atoms with Crippen molar-refractivity contribution < 1.29 is 0 Å². The van der Waals surface area contributed by atoms with Crippen molar-refractivity contribution >= 4 is 38.8 Å². The van der Waals surface area contributed by atoms with Crippen molar-refractivity contribution in [2.45, 2.75) is 13.3 Å². The third kappa shape index (κ3) is 4.48. The van der Waals surface area contributed by atoms with E-state index in [4.69, 9.17) is 0 Å². The molecule has 0 radical (unpaired) electrons. The van der Waals surface area contributed by atoms with E-state index in [1.54, 1.807) is 4.47 Å². The van der Waals surface area contributed by atoms with Crippen molar-refractivity contribution in [1.82, 2.24) is 0 Å². The Morgan fingerprint density at radius 3 is 2.00 bits per heavy atom. The molecule has 2 heteroatoms. The SMILES string of the molecule is CCC(=C[Se]c1ccccc1)[Se]c1ccccc1. The Morgan fingerprint density at radius 2 is 1.44 bits per heavy atom. The van der Waals surface area contributed by atoms with Gasteiger partial charge >= 0.3 is 122 Å². The molecule has 92 valence electrons. The Hall–Kier alpha value is -0.781. The van der Waals surface area contributed by atoms with Crippen molar-refractivity contribution in [2.75, 3.05) is 0 Å². The molecule has 2 aromatic rings. The van der Waals surface area contributed by atoms with Gasteiger partial charge in [-0.1, -0.05) is 0 Å². The van der Waals surface area contributed by atoms with Crippen LogP contribution in [0, 0.1) is 0 Å².